The minimum Gasteiger partial charge on any atom is -0.492 e. The summed E-state index contributed by atoms with van der Waals surface area (Å²) in [5.41, 5.74) is 6.42. The molecule has 0 atom stereocenters. The molecule has 2 aromatic carbocycles. The molecular formula is C20H26ClFN2O2. The third-order valence-corrected chi connectivity index (χ3v) is 3.84. The molecule has 0 bridgehead atoms. The summed E-state index contributed by atoms with van der Waals surface area (Å²) >= 11 is 0. The smallest absolute Gasteiger partial charge is 0.248 e. The van der Waals surface area contributed by atoms with Gasteiger partial charge in [0.25, 0.3) is 0 Å². The Labute approximate surface area is 160 Å². The van der Waals surface area contributed by atoms with Crippen molar-refractivity contribution in [1.29, 1.82) is 0 Å². The first-order valence-corrected chi connectivity index (χ1v) is 8.50. The molecule has 0 radical (unpaired) electrons. The van der Waals surface area contributed by atoms with E-state index in [2.05, 4.69) is 19.2 Å². The van der Waals surface area contributed by atoms with Gasteiger partial charge < -0.3 is 15.8 Å². The molecule has 1 amide bonds. The molecular weight excluding hydrogens is 355 g/mol. The summed E-state index contributed by atoms with van der Waals surface area (Å²) in [6.07, 6.45) is 1.13. The van der Waals surface area contributed by atoms with Crippen LogP contribution in [-0.2, 0) is 0 Å². The Morgan fingerprint density at radius 1 is 1.19 bits per heavy atom. The van der Waals surface area contributed by atoms with Crippen LogP contribution in [0.1, 0.15) is 30.6 Å². The topological polar surface area (TPSA) is 64.3 Å². The van der Waals surface area contributed by atoms with Crippen molar-refractivity contribution in [3.8, 4) is 16.9 Å². The Bertz CT molecular complexity index is 723. The molecule has 0 unspecified atom stereocenters. The predicted octanol–water partition coefficient (Wildman–Crippen LogP) is 4.03. The van der Waals surface area contributed by atoms with Crippen LogP contribution in [0.3, 0.4) is 0 Å². The summed E-state index contributed by atoms with van der Waals surface area (Å²) in [5.74, 6) is 0.235. The number of primary amides is 1. The number of hydrogen-bond donors (Lipinski definition) is 2. The van der Waals surface area contributed by atoms with E-state index in [1.54, 1.807) is 18.2 Å². The highest BCUT2D eigenvalue weighted by Crippen LogP contribution is 2.27. The first kappa shape index (κ1) is 21.9. The monoisotopic (exact) mass is 380 g/mol. The van der Waals surface area contributed by atoms with Gasteiger partial charge in [0, 0.05) is 17.7 Å². The van der Waals surface area contributed by atoms with Crippen molar-refractivity contribution in [1.82, 2.24) is 5.32 Å². The zero-order valence-corrected chi connectivity index (χ0v) is 15.9. The summed E-state index contributed by atoms with van der Waals surface area (Å²) in [7, 11) is 0. The van der Waals surface area contributed by atoms with Crippen molar-refractivity contribution in [2.24, 2.45) is 11.7 Å². The molecule has 0 fully saturated rings. The normalized spacial score (nSPS) is 10.5. The number of benzene rings is 2. The Hall–Kier alpha value is -2.11. The van der Waals surface area contributed by atoms with E-state index in [4.69, 9.17) is 10.5 Å². The second kappa shape index (κ2) is 10.8. The van der Waals surface area contributed by atoms with E-state index in [9.17, 15) is 9.18 Å². The molecule has 0 spiro atoms. The maximum atomic E-state index is 14.2. The number of carbonyl (C=O) groups is 1. The highest BCUT2D eigenvalue weighted by atomic mass is 35.5. The minimum atomic E-state index is -0.646. The van der Waals surface area contributed by atoms with Gasteiger partial charge in [-0.3, -0.25) is 4.79 Å². The number of ether oxygens (including phenoxy) is 1. The Morgan fingerprint density at radius 3 is 2.62 bits per heavy atom. The second-order valence-corrected chi connectivity index (χ2v) is 6.37. The van der Waals surface area contributed by atoms with Crippen LogP contribution in [0.25, 0.3) is 11.1 Å². The summed E-state index contributed by atoms with van der Waals surface area (Å²) in [5, 5.41) is 3.33. The number of halogens is 2. The molecule has 142 valence electrons. The van der Waals surface area contributed by atoms with Gasteiger partial charge in [-0.05, 0) is 48.7 Å². The van der Waals surface area contributed by atoms with Crippen LogP contribution < -0.4 is 15.8 Å². The Balaban J connectivity index is 0.00000338. The van der Waals surface area contributed by atoms with Crippen LogP contribution in [0, 0.1) is 11.7 Å². The van der Waals surface area contributed by atoms with Gasteiger partial charge in [-0.25, -0.2) is 4.39 Å². The lowest BCUT2D eigenvalue weighted by Crippen LogP contribution is -2.23. The van der Waals surface area contributed by atoms with E-state index < -0.39 is 11.7 Å². The fourth-order valence-corrected chi connectivity index (χ4v) is 2.41. The van der Waals surface area contributed by atoms with Gasteiger partial charge in [-0.1, -0.05) is 32.0 Å². The molecule has 0 saturated carbocycles. The van der Waals surface area contributed by atoms with E-state index in [1.807, 2.05) is 12.1 Å². The average molecular weight is 381 g/mol. The maximum absolute atomic E-state index is 14.2. The lowest BCUT2D eigenvalue weighted by atomic mass is 10.0. The van der Waals surface area contributed by atoms with Crippen LogP contribution in [0.4, 0.5) is 4.39 Å². The van der Waals surface area contributed by atoms with Crippen LogP contribution in [0.15, 0.2) is 42.5 Å². The Morgan fingerprint density at radius 2 is 1.96 bits per heavy atom. The molecule has 6 heteroatoms. The zero-order chi connectivity index (χ0) is 18.2. The SMILES string of the molecule is CC(C)CCNCCOc1cccc(-c2ccc(C(N)=O)cc2F)c1.Cl. The molecule has 0 aliphatic carbocycles. The molecule has 0 saturated heterocycles. The number of hydrogen-bond acceptors (Lipinski definition) is 3. The van der Waals surface area contributed by atoms with Gasteiger partial charge >= 0.3 is 0 Å². The number of amides is 1. The van der Waals surface area contributed by atoms with Crippen molar-refractivity contribution in [3.05, 3.63) is 53.8 Å². The second-order valence-electron chi connectivity index (χ2n) is 6.37. The molecule has 0 heterocycles. The molecule has 2 rings (SSSR count). The zero-order valence-electron chi connectivity index (χ0n) is 15.1. The highest BCUT2D eigenvalue weighted by Gasteiger charge is 2.09. The molecule has 3 N–H and O–H groups in total. The molecule has 0 aliphatic heterocycles. The number of carbonyl (C=O) groups excluding carboxylic acids is 1. The van der Waals surface area contributed by atoms with Gasteiger partial charge in [0.05, 0.1) is 0 Å². The third kappa shape index (κ3) is 6.65. The van der Waals surface area contributed by atoms with Crippen molar-refractivity contribution < 1.29 is 13.9 Å². The summed E-state index contributed by atoms with van der Waals surface area (Å²) in [6, 6.07) is 11.5. The highest BCUT2D eigenvalue weighted by molar-refractivity contribution is 5.93. The lowest BCUT2D eigenvalue weighted by molar-refractivity contribution is 0.1000. The van der Waals surface area contributed by atoms with E-state index >= 15 is 0 Å². The van der Waals surface area contributed by atoms with Gasteiger partial charge in [0.1, 0.15) is 18.2 Å². The van der Waals surface area contributed by atoms with Crippen LogP contribution in [0.5, 0.6) is 5.75 Å². The van der Waals surface area contributed by atoms with Gasteiger partial charge in [0.15, 0.2) is 0 Å². The fourth-order valence-electron chi connectivity index (χ4n) is 2.41. The van der Waals surface area contributed by atoms with E-state index in [0.29, 0.717) is 29.4 Å². The average Bonchev–Trinajstić information content (AvgIpc) is 2.57. The van der Waals surface area contributed by atoms with Crippen molar-refractivity contribution in [3.63, 3.8) is 0 Å². The van der Waals surface area contributed by atoms with Crippen molar-refractivity contribution in [2.45, 2.75) is 20.3 Å². The van der Waals surface area contributed by atoms with Crippen LogP contribution in [-0.4, -0.2) is 25.6 Å². The minimum absolute atomic E-state index is 0. The summed E-state index contributed by atoms with van der Waals surface area (Å²) in [4.78, 5) is 11.1. The van der Waals surface area contributed by atoms with E-state index in [1.165, 1.54) is 6.07 Å². The molecule has 2 aromatic rings. The fraction of sp³-hybridized carbons (Fsp3) is 0.350. The van der Waals surface area contributed by atoms with Gasteiger partial charge in [-0.2, -0.15) is 0 Å². The van der Waals surface area contributed by atoms with Crippen molar-refractivity contribution >= 4 is 18.3 Å². The quantitative estimate of drug-likeness (QED) is 0.645. The third-order valence-electron chi connectivity index (χ3n) is 3.84. The van der Waals surface area contributed by atoms with Gasteiger partial charge in [-0.15, -0.1) is 12.4 Å². The number of rotatable bonds is 9. The Kier molecular flexibility index (Phi) is 9.10. The maximum Gasteiger partial charge on any atom is 0.248 e. The molecule has 0 aromatic heterocycles. The standard InChI is InChI=1S/C20H25FN2O2.ClH/c1-14(2)8-9-23-10-11-25-17-5-3-4-15(12-17)18-7-6-16(20(22)24)13-19(18)21;/h3-7,12-14,23H,8-11H2,1-2H3,(H2,22,24);1H. The van der Waals surface area contributed by atoms with E-state index in [-0.39, 0.29) is 18.0 Å². The number of nitrogens with two attached hydrogens (primary N) is 1. The first-order valence-electron chi connectivity index (χ1n) is 8.50. The first-order chi connectivity index (χ1) is 12.0. The molecule has 0 aliphatic rings. The van der Waals surface area contributed by atoms with Crippen LogP contribution in [0.2, 0.25) is 0 Å². The summed E-state index contributed by atoms with van der Waals surface area (Å²) < 4.78 is 19.9. The molecule has 4 nitrogen and oxygen atoms in total. The predicted molar refractivity (Wildman–Crippen MR) is 105 cm³/mol. The van der Waals surface area contributed by atoms with Gasteiger partial charge in [0.2, 0.25) is 5.91 Å². The van der Waals surface area contributed by atoms with Crippen molar-refractivity contribution in [2.75, 3.05) is 19.7 Å². The number of nitrogens with one attached hydrogen (secondary N) is 1. The van der Waals surface area contributed by atoms with E-state index in [0.717, 1.165) is 25.6 Å². The molecule has 26 heavy (non-hydrogen) atoms. The summed E-state index contributed by atoms with van der Waals surface area (Å²) in [6.45, 7) is 6.67. The lowest BCUT2D eigenvalue weighted by Gasteiger charge is -2.10. The van der Waals surface area contributed by atoms with Crippen LogP contribution >= 0.6 is 12.4 Å². The largest absolute Gasteiger partial charge is 0.492 e.